The zero-order chi connectivity index (χ0) is 24.1. The van der Waals surface area contributed by atoms with Crippen molar-refractivity contribution >= 4 is 27.3 Å². The summed E-state index contributed by atoms with van der Waals surface area (Å²) < 4.78 is 34.5. The normalized spacial score (nSPS) is 14.4. The van der Waals surface area contributed by atoms with Crippen LogP contribution in [0.1, 0.15) is 24.2 Å². The van der Waals surface area contributed by atoms with E-state index >= 15 is 0 Å². The molecule has 1 fully saturated rings. The Morgan fingerprint density at radius 3 is 2.56 bits per heavy atom. The Kier molecular flexibility index (Phi) is 7.20. The fourth-order valence-electron chi connectivity index (χ4n) is 3.85. The second-order valence-corrected chi connectivity index (χ2v) is 9.56. The Morgan fingerprint density at radius 1 is 1.12 bits per heavy atom. The minimum atomic E-state index is -3.73. The molecule has 11 nitrogen and oxygen atoms in total. The monoisotopic (exact) mass is 485 g/mol. The molecule has 1 amide bonds. The molecule has 0 spiro atoms. The molecular weight excluding hydrogens is 458 g/mol. The first-order valence-electron chi connectivity index (χ1n) is 11.1. The van der Waals surface area contributed by atoms with Crippen LogP contribution in [0.2, 0.25) is 0 Å². The van der Waals surface area contributed by atoms with Gasteiger partial charge < -0.3 is 15.0 Å². The molecule has 3 aromatic rings. The van der Waals surface area contributed by atoms with E-state index in [-0.39, 0.29) is 10.5 Å². The van der Waals surface area contributed by atoms with E-state index in [1.165, 1.54) is 21.4 Å². The number of ether oxygens (including phenoxy) is 1. The summed E-state index contributed by atoms with van der Waals surface area (Å²) >= 11 is 0. The van der Waals surface area contributed by atoms with Gasteiger partial charge in [0.05, 0.1) is 29.4 Å². The molecular formula is C22H27N7O4S. The number of anilines is 2. The summed E-state index contributed by atoms with van der Waals surface area (Å²) in [5.41, 5.74) is 2.15. The Labute approximate surface area is 198 Å². The van der Waals surface area contributed by atoms with E-state index in [0.29, 0.717) is 56.5 Å². The topological polar surface area (TPSA) is 123 Å². The van der Waals surface area contributed by atoms with E-state index in [4.69, 9.17) is 4.74 Å². The third-order valence-electron chi connectivity index (χ3n) is 5.63. The number of carbonyl (C=O) groups excluding carboxylic acids is 1. The van der Waals surface area contributed by atoms with Gasteiger partial charge in [-0.1, -0.05) is 19.9 Å². The Bertz CT molecular complexity index is 1240. The summed E-state index contributed by atoms with van der Waals surface area (Å²) in [6.07, 6.45) is 1.46. The molecule has 34 heavy (non-hydrogen) atoms. The first kappa shape index (κ1) is 23.8. The Hall–Kier alpha value is -3.35. The van der Waals surface area contributed by atoms with E-state index in [9.17, 15) is 13.2 Å². The minimum Gasteiger partial charge on any atom is -0.378 e. The van der Waals surface area contributed by atoms with Gasteiger partial charge in [0.25, 0.3) is 5.91 Å². The van der Waals surface area contributed by atoms with Crippen molar-refractivity contribution in [3.8, 4) is 5.69 Å². The largest absolute Gasteiger partial charge is 0.378 e. The van der Waals surface area contributed by atoms with Gasteiger partial charge in [0.15, 0.2) is 0 Å². The minimum absolute atomic E-state index is 0.0841. The van der Waals surface area contributed by atoms with Crippen LogP contribution in [0, 0.1) is 0 Å². The number of benzene rings is 2. The van der Waals surface area contributed by atoms with Crippen molar-refractivity contribution in [1.82, 2.24) is 24.5 Å². The smallest absolute Gasteiger partial charge is 0.257 e. The van der Waals surface area contributed by atoms with Gasteiger partial charge in [-0.05, 0) is 46.8 Å². The van der Waals surface area contributed by atoms with Gasteiger partial charge in [-0.25, -0.2) is 13.1 Å². The van der Waals surface area contributed by atoms with Crippen LogP contribution in [0.25, 0.3) is 5.69 Å². The second kappa shape index (κ2) is 10.3. The lowest BCUT2D eigenvalue weighted by Crippen LogP contribution is -2.37. The first-order chi connectivity index (χ1) is 16.4. The number of tetrazole rings is 1. The van der Waals surface area contributed by atoms with Crippen molar-refractivity contribution < 1.29 is 17.9 Å². The molecule has 1 aliphatic heterocycles. The van der Waals surface area contributed by atoms with Crippen LogP contribution < -0.4 is 10.2 Å². The SMILES string of the molecule is CCN(CC)S(=O)(=O)c1ccc(N2CCOCC2)c(C(=O)Nc2cccc(-n3cnnn3)c2)c1. The van der Waals surface area contributed by atoms with Crippen LogP contribution in [-0.4, -0.2) is 78.2 Å². The summed E-state index contributed by atoms with van der Waals surface area (Å²) in [4.78, 5) is 15.6. The molecule has 0 radical (unpaired) electrons. The number of aromatic nitrogens is 4. The molecule has 1 saturated heterocycles. The van der Waals surface area contributed by atoms with Crippen LogP contribution >= 0.6 is 0 Å². The quantitative estimate of drug-likeness (QED) is 0.512. The second-order valence-electron chi connectivity index (χ2n) is 7.63. The van der Waals surface area contributed by atoms with Crippen LogP contribution in [0.3, 0.4) is 0 Å². The van der Waals surface area contributed by atoms with Crippen molar-refractivity contribution in [2.24, 2.45) is 0 Å². The maximum Gasteiger partial charge on any atom is 0.257 e. The number of nitrogens with one attached hydrogen (secondary N) is 1. The van der Waals surface area contributed by atoms with E-state index in [2.05, 4.69) is 20.8 Å². The van der Waals surface area contributed by atoms with E-state index in [1.54, 1.807) is 44.2 Å². The lowest BCUT2D eigenvalue weighted by molar-refractivity contribution is 0.102. The fraction of sp³-hybridized carbons (Fsp3) is 0.364. The molecule has 0 unspecified atom stereocenters. The van der Waals surface area contributed by atoms with Crippen molar-refractivity contribution in [3.63, 3.8) is 0 Å². The maximum absolute atomic E-state index is 13.4. The first-order valence-corrected chi connectivity index (χ1v) is 12.5. The van der Waals surface area contributed by atoms with Gasteiger partial charge >= 0.3 is 0 Å². The lowest BCUT2D eigenvalue weighted by atomic mass is 10.1. The highest BCUT2D eigenvalue weighted by Crippen LogP contribution is 2.28. The molecule has 1 N–H and O–H groups in total. The third-order valence-corrected chi connectivity index (χ3v) is 7.67. The molecule has 180 valence electrons. The van der Waals surface area contributed by atoms with Gasteiger partial charge in [-0.3, -0.25) is 4.79 Å². The molecule has 4 rings (SSSR count). The number of nitrogens with zero attached hydrogens (tertiary/aromatic N) is 6. The average molecular weight is 486 g/mol. The Morgan fingerprint density at radius 2 is 1.88 bits per heavy atom. The van der Waals surface area contributed by atoms with E-state index in [0.717, 1.165) is 0 Å². The number of rotatable bonds is 8. The highest BCUT2D eigenvalue weighted by Gasteiger charge is 2.26. The van der Waals surface area contributed by atoms with Crippen LogP contribution in [0.4, 0.5) is 11.4 Å². The number of sulfonamides is 1. The summed E-state index contributed by atoms with van der Waals surface area (Å²) in [7, 11) is -3.73. The zero-order valence-electron chi connectivity index (χ0n) is 19.1. The number of amides is 1. The number of carbonyl (C=O) groups is 1. The molecule has 0 saturated carbocycles. The number of hydrogen-bond acceptors (Lipinski definition) is 8. The van der Waals surface area contributed by atoms with Gasteiger partial charge in [0, 0.05) is 37.6 Å². The highest BCUT2D eigenvalue weighted by molar-refractivity contribution is 7.89. The third kappa shape index (κ3) is 4.93. The van der Waals surface area contributed by atoms with Crippen molar-refractivity contribution in [1.29, 1.82) is 0 Å². The van der Waals surface area contributed by atoms with Crippen molar-refractivity contribution in [2.75, 3.05) is 49.6 Å². The Balaban J connectivity index is 1.70. The van der Waals surface area contributed by atoms with Crippen LogP contribution in [0.5, 0.6) is 0 Å². The summed E-state index contributed by atoms with van der Waals surface area (Å²) in [6.45, 7) is 6.55. The molecule has 2 aromatic carbocycles. The number of morpholine rings is 1. The van der Waals surface area contributed by atoms with E-state index < -0.39 is 15.9 Å². The zero-order valence-corrected chi connectivity index (χ0v) is 19.9. The molecule has 0 bridgehead atoms. The predicted molar refractivity (Wildman–Crippen MR) is 127 cm³/mol. The maximum atomic E-state index is 13.4. The van der Waals surface area contributed by atoms with Gasteiger partial charge in [0.2, 0.25) is 10.0 Å². The van der Waals surface area contributed by atoms with Crippen molar-refractivity contribution in [3.05, 3.63) is 54.4 Å². The predicted octanol–water partition coefficient (Wildman–Crippen LogP) is 1.78. The molecule has 1 aliphatic rings. The van der Waals surface area contributed by atoms with Gasteiger partial charge in [-0.15, -0.1) is 5.10 Å². The van der Waals surface area contributed by atoms with Crippen LogP contribution in [0.15, 0.2) is 53.7 Å². The number of hydrogen-bond donors (Lipinski definition) is 1. The summed E-state index contributed by atoms with van der Waals surface area (Å²) in [6, 6.07) is 11.8. The standard InChI is InChI=1S/C22H27N7O4S/c1-3-28(4-2)34(31,32)19-8-9-21(27-10-12-33-13-11-27)20(15-19)22(30)24-17-6-5-7-18(14-17)29-16-23-25-26-29/h5-9,14-16H,3-4,10-13H2,1-2H3,(H,24,30). The van der Waals surface area contributed by atoms with E-state index in [1.807, 2.05) is 11.0 Å². The highest BCUT2D eigenvalue weighted by atomic mass is 32.2. The summed E-state index contributed by atoms with van der Waals surface area (Å²) in [5, 5.41) is 14.0. The molecule has 1 aromatic heterocycles. The molecule has 0 aliphatic carbocycles. The fourth-order valence-corrected chi connectivity index (χ4v) is 5.34. The van der Waals surface area contributed by atoms with Gasteiger partial charge in [-0.2, -0.15) is 4.31 Å². The lowest BCUT2D eigenvalue weighted by Gasteiger charge is -2.30. The molecule has 2 heterocycles. The van der Waals surface area contributed by atoms with Gasteiger partial charge in [0.1, 0.15) is 6.33 Å². The summed E-state index contributed by atoms with van der Waals surface area (Å²) in [5.74, 6) is -0.410. The average Bonchev–Trinajstić information content (AvgIpc) is 3.40. The van der Waals surface area contributed by atoms with Crippen LogP contribution in [-0.2, 0) is 14.8 Å². The molecule has 0 atom stereocenters. The molecule has 12 heteroatoms. The van der Waals surface area contributed by atoms with Crippen molar-refractivity contribution in [2.45, 2.75) is 18.7 Å².